The minimum absolute atomic E-state index is 0. The van der Waals surface area contributed by atoms with Crippen LogP contribution in [0.3, 0.4) is 0 Å². The number of hydrogen-bond acceptors (Lipinski definition) is 1. The van der Waals surface area contributed by atoms with E-state index in [1.165, 1.54) is 0 Å². The molecule has 0 bridgehead atoms. The first kappa shape index (κ1) is 12.4. The molecule has 0 aliphatic heterocycles. The molecule has 0 saturated carbocycles. The maximum Gasteiger partial charge on any atom is 0.0157 e. The van der Waals surface area contributed by atoms with Crippen molar-refractivity contribution in [1.82, 2.24) is 4.90 Å². The number of hydrogen-bond donors (Lipinski definition) is 0. The average Bonchev–Trinajstić information content (AvgIpc) is 1.85. The lowest BCUT2D eigenvalue weighted by Gasteiger charge is -2.11. The Balaban J connectivity index is 0. The van der Waals surface area contributed by atoms with Crippen molar-refractivity contribution in [1.29, 1.82) is 0 Å². The number of nitrogens with zero attached hydrogens (tertiary/aromatic N) is 1. The van der Waals surface area contributed by atoms with Gasteiger partial charge in [0.1, 0.15) is 0 Å². The van der Waals surface area contributed by atoms with Gasteiger partial charge in [0.15, 0.2) is 0 Å². The molecule has 10 heavy (non-hydrogen) atoms. The van der Waals surface area contributed by atoms with Gasteiger partial charge in [-0.25, -0.2) is 0 Å². The third-order valence-corrected chi connectivity index (χ3v) is 1.16. The van der Waals surface area contributed by atoms with Gasteiger partial charge in [-0.15, -0.1) is 25.6 Å². The van der Waals surface area contributed by atoms with E-state index < -0.39 is 0 Å². The Hall–Kier alpha value is -0.270. The summed E-state index contributed by atoms with van der Waals surface area (Å²) in [5, 5.41) is 0. The zero-order valence-electron chi connectivity index (χ0n) is 6.55. The van der Waals surface area contributed by atoms with Crippen molar-refractivity contribution in [2.24, 2.45) is 0 Å². The van der Waals surface area contributed by atoms with Gasteiger partial charge in [-0.3, -0.25) is 0 Å². The minimum Gasteiger partial charge on any atom is -0.302 e. The van der Waals surface area contributed by atoms with E-state index in [4.69, 9.17) is 0 Å². The Bertz CT molecular complexity index is 91.3. The summed E-state index contributed by atoms with van der Waals surface area (Å²) in [6.45, 7) is 9.33. The van der Waals surface area contributed by atoms with Crippen molar-refractivity contribution in [3.8, 4) is 0 Å². The van der Waals surface area contributed by atoms with Crippen molar-refractivity contribution < 1.29 is 0 Å². The predicted octanol–water partition coefficient (Wildman–Crippen LogP) is 2.10. The Kier molecular flexibility index (Phi) is 10.8. The summed E-state index contributed by atoms with van der Waals surface area (Å²) in [6, 6.07) is 0. The molecule has 60 valence electrons. The molecule has 0 aromatic rings. The third kappa shape index (κ3) is 7.73. The van der Waals surface area contributed by atoms with Crippen LogP contribution < -0.4 is 0 Å². The van der Waals surface area contributed by atoms with Crippen LogP contribution in [0, 0.1) is 0 Å². The molecule has 1 nitrogen and oxygen atoms in total. The number of rotatable bonds is 5. The number of likely N-dealkylation sites (N-methyl/N-ethyl adjacent to an activating group) is 1. The van der Waals surface area contributed by atoms with Crippen LogP contribution in [-0.2, 0) is 0 Å². The smallest absolute Gasteiger partial charge is 0.0157 e. The van der Waals surface area contributed by atoms with E-state index in [-0.39, 0.29) is 12.4 Å². The maximum atomic E-state index is 3.64. The van der Waals surface area contributed by atoms with Crippen molar-refractivity contribution in [2.45, 2.75) is 6.42 Å². The molecule has 0 N–H and O–H groups in total. The quantitative estimate of drug-likeness (QED) is 0.559. The van der Waals surface area contributed by atoms with E-state index in [0.717, 1.165) is 19.5 Å². The fourth-order valence-electron chi connectivity index (χ4n) is 0.623. The Morgan fingerprint density at radius 3 is 2.30 bits per heavy atom. The van der Waals surface area contributed by atoms with E-state index in [1.807, 2.05) is 12.2 Å². The molecule has 0 atom stereocenters. The van der Waals surface area contributed by atoms with E-state index in [2.05, 4.69) is 25.1 Å². The van der Waals surface area contributed by atoms with Crippen LogP contribution in [-0.4, -0.2) is 25.0 Å². The summed E-state index contributed by atoms with van der Waals surface area (Å²) in [7, 11) is 2.07. The van der Waals surface area contributed by atoms with E-state index >= 15 is 0 Å². The topological polar surface area (TPSA) is 3.24 Å². The van der Waals surface area contributed by atoms with Crippen LogP contribution in [0.1, 0.15) is 6.42 Å². The monoisotopic (exact) mass is 161 g/mol. The van der Waals surface area contributed by atoms with Gasteiger partial charge in [0.2, 0.25) is 0 Å². The third-order valence-electron chi connectivity index (χ3n) is 1.16. The first-order chi connectivity index (χ1) is 4.31. The molecule has 2 heteroatoms. The Morgan fingerprint density at radius 1 is 1.30 bits per heavy atom. The van der Waals surface area contributed by atoms with Crippen LogP contribution >= 0.6 is 12.4 Å². The first-order valence-corrected chi connectivity index (χ1v) is 3.21. The number of halogens is 1. The summed E-state index contributed by atoms with van der Waals surface area (Å²) in [4.78, 5) is 2.20. The SMILES string of the molecule is C=CCCN(C)CC=C.Cl. The molecule has 0 heterocycles. The Morgan fingerprint density at radius 2 is 1.90 bits per heavy atom. The average molecular weight is 162 g/mol. The molecule has 0 amide bonds. The lowest BCUT2D eigenvalue weighted by atomic mass is 10.4. The highest BCUT2D eigenvalue weighted by Gasteiger charge is 1.89. The summed E-state index contributed by atoms with van der Waals surface area (Å²) in [5.41, 5.74) is 0. The second-order valence-corrected chi connectivity index (χ2v) is 2.13. The summed E-state index contributed by atoms with van der Waals surface area (Å²) < 4.78 is 0. The lowest BCUT2D eigenvalue weighted by molar-refractivity contribution is 0.378. The van der Waals surface area contributed by atoms with Crippen molar-refractivity contribution >= 4 is 12.4 Å². The van der Waals surface area contributed by atoms with Crippen molar-refractivity contribution in [3.63, 3.8) is 0 Å². The van der Waals surface area contributed by atoms with Crippen molar-refractivity contribution in [2.75, 3.05) is 20.1 Å². The highest BCUT2D eigenvalue weighted by Crippen LogP contribution is 1.86. The second-order valence-electron chi connectivity index (χ2n) is 2.13. The van der Waals surface area contributed by atoms with Crippen LogP contribution in [0.5, 0.6) is 0 Å². The standard InChI is InChI=1S/C8H15N.ClH/c1-4-6-8-9(3)7-5-2;/h4-5H,1-2,6-8H2,3H3;1H. The van der Waals surface area contributed by atoms with E-state index in [0.29, 0.717) is 0 Å². The largest absolute Gasteiger partial charge is 0.302 e. The molecule has 0 aromatic heterocycles. The molecule has 0 spiro atoms. The van der Waals surface area contributed by atoms with Gasteiger partial charge in [-0.2, -0.15) is 0 Å². The zero-order chi connectivity index (χ0) is 7.11. The van der Waals surface area contributed by atoms with Crippen LogP contribution in [0.2, 0.25) is 0 Å². The highest BCUT2D eigenvalue weighted by atomic mass is 35.5. The highest BCUT2D eigenvalue weighted by molar-refractivity contribution is 5.85. The summed E-state index contributed by atoms with van der Waals surface area (Å²) >= 11 is 0. The first-order valence-electron chi connectivity index (χ1n) is 3.21. The molecule has 0 fully saturated rings. The normalized spacial score (nSPS) is 8.60. The molecule has 0 saturated heterocycles. The van der Waals surface area contributed by atoms with Gasteiger partial charge in [0, 0.05) is 13.1 Å². The Labute approximate surface area is 69.8 Å². The summed E-state index contributed by atoms with van der Waals surface area (Å²) in [6.07, 6.45) is 4.90. The van der Waals surface area contributed by atoms with Gasteiger partial charge < -0.3 is 4.90 Å². The van der Waals surface area contributed by atoms with Crippen LogP contribution in [0.15, 0.2) is 25.3 Å². The van der Waals surface area contributed by atoms with Gasteiger partial charge in [0.05, 0.1) is 0 Å². The van der Waals surface area contributed by atoms with Crippen LogP contribution in [0.25, 0.3) is 0 Å². The molecular weight excluding hydrogens is 146 g/mol. The molecule has 0 unspecified atom stereocenters. The molecule has 0 aliphatic rings. The van der Waals surface area contributed by atoms with Gasteiger partial charge in [0.25, 0.3) is 0 Å². The predicted molar refractivity (Wildman–Crippen MR) is 49.8 cm³/mol. The molecule has 0 rings (SSSR count). The van der Waals surface area contributed by atoms with E-state index in [9.17, 15) is 0 Å². The van der Waals surface area contributed by atoms with Crippen molar-refractivity contribution in [3.05, 3.63) is 25.3 Å². The lowest BCUT2D eigenvalue weighted by Crippen LogP contribution is -2.18. The van der Waals surface area contributed by atoms with Gasteiger partial charge >= 0.3 is 0 Å². The van der Waals surface area contributed by atoms with E-state index in [1.54, 1.807) is 0 Å². The fourth-order valence-corrected chi connectivity index (χ4v) is 0.623. The van der Waals surface area contributed by atoms with Crippen LogP contribution in [0.4, 0.5) is 0 Å². The minimum atomic E-state index is 0. The zero-order valence-corrected chi connectivity index (χ0v) is 7.36. The molecular formula is C8H16ClN. The molecule has 0 radical (unpaired) electrons. The summed E-state index contributed by atoms with van der Waals surface area (Å²) in [5.74, 6) is 0. The maximum absolute atomic E-state index is 3.64. The molecule has 0 aromatic carbocycles. The second kappa shape index (κ2) is 8.73. The fraction of sp³-hybridized carbons (Fsp3) is 0.500. The van der Waals surface area contributed by atoms with Gasteiger partial charge in [-0.1, -0.05) is 12.2 Å². The van der Waals surface area contributed by atoms with Gasteiger partial charge in [-0.05, 0) is 13.5 Å². The molecule has 0 aliphatic carbocycles.